The second kappa shape index (κ2) is 6.20. The van der Waals surface area contributed by atoms with Crippen molar-refractivity contribution in [1.29, 1.82) is 0 Å². The van der Waals surface area contributed by atoms with Crippen LogP contribution in [-0.2, 0) is 24.2 Å². The molecule has 0 fully saturated rings. The van der Waals surface area contributed by atoms with E-state index in [1.165, 1.54) is 27.8 Å². The maximum absolute atomic E-state index is 12.7. The first kappa shape index (κ1) is 15.2. The molecule has 0 unspecified atom stereocenters. The fraction of sp³-hybridized carbons (Fsp3) is 0.562. The Kier molecular flexibility index (Phi) is 4.29. The van der Waals surface area contributed by atoms with Crippen LogP contribution in [0.2, 0.25) is 0 Å². The zero-order valence-electron chi connectivity index (χ0n) is 13.0. The molecule has 118 valence electrons. The van der Waals surface area contributed by atoms with E-state index >= 15 is 0 Å². The third-order valence-corrected chi connectivity index (χ3v) is 5.48. The lowest BCUT2D eigenvalue weighted by Gasteiger charge is -2.12. The summed E-state index contributed by atoms with van der Waals surface area (Å²) in [5, 5.41) is 3.62. The molecular weight excluding hydrogens is 298 g/mol. The van der Waals surface area contributed by atoms with Crippen molar-refractivity contribution in [2.45, 2.75) is 58.5 Å². The van der Waals surface area contributed by atoms with E-state index in [1.54, 1.807) is 11.3 Å². The Hall–Kier alpha value is -1.69. The van der Waals surface area contributed by atoms with Crippen LogP contribution >= 0.6 is 11.3 Å². The van der Waals surface area contributed by atoms with E-state index in [2.05, 4.69) is 10.3 Å². The lowest BCUT2D eigenvalue weighted by atomic mass is 9.97. The molecule has 5 nitrogen and oxygen atoms in total. The molecule has 1 atom stereocenters. The first-order chi connectivity index (χ1) is 10.6. The molecule has 1 aliphatic carbocycles. The lowest BCUT2D eigenvalue weighted by molar-refractivity contribution is -0.122. The van der Waals surface area contributed by atoms with Crippen LogP contribution in [0.3, 0.4) is 0 Å². The Balaban J connectivity index is 1.93. The molecule has 0 saturated heterocycles. The van der Waals surface area contributed by atoms with Crippen molar-refractivity contribution in [2.24, 2.45) is 0 Å². The summed E-state index contributed by atoms with van der Waals surface area (Å²) in [5.74, 6) is -0.137. The van der Waals surface area contributed by atoms with Crippen molar-refractivity contribution in [3.8, 4) is 0 Å². The Morgan fingerprint density at radius 3 is 3.00 bits per heavy atom. The van der Waals surface area contributed by atoms with Gasteiger partial charge in [0.1, 0.15) is 11.4 Å². The molecular formula is C16H21N3O2S. The van der Waals surface area contributed by atoms with Crippen LogP contribution in [-0.4, -0.2) is 21.5 Å². The highest BCUT2D eigenvalue weighted by Crippen LogP contribution is 2.33. The Labute approximate surface area is 133 Å². The molecule has 0 saturated carbocycles. The Bertz CT molecular complexity index is 763. The molecule has 1 amide bonds. The number of fused-ring (bicyclic) bond motifs is 3. The third-order valence-electron chi connectivity index (χ3n) is 4.28. The van der Waals surface area contributed by atoms with Gasteiger partial charge in [0.05, 0.1) is 11.7 Å². The molecule has 2 aromatic heterocycles. The van der Waals surface area contributed by atoms with E-state index < -0.39 is 0 Å². The van der Waals surface area contributed by atoms with E-state index in [0.29, 0.717) is 0 Å². The SMILES string of the molecule is CC[C@H](C)NC(=O)Cn1cnc2sc3c(c2c1=O)CCCC3. The van der Waals surface area contributed by atoms with Crippen LogP contribution in [0.15, 0.2) is 11.1 Å². The van der Waals surface area contributed by atoms with Gasteiger partial charge >= 0.3 is 0 Å². The summed E-state index contributed by atoms with van der Waals surface area (Å²) in [6.07, 6.45) is 6.69. The van der Waals surface area contributed by atoms with Gasteiger partial charge < -0.3 is 5.32 Å². The van der Waals surface area contributed by atoms with Gasteiger partial charge in [0.15, 0.2) is 0 Å². The minimum atomic E-state index is -0.137. The van der Waals surface area contributed by atoms with E-state index in [0.717, 1.165) is 35.9 Å². The smallest absolute Gasteiger partial charge is 0.262 e. The standard InChI is InChI=1S/C16H21N3O2S/c1-3-10(2)18-13(20)8-19-9-17-15-14(16(19)21)11-6-4-5-7-12(11)22-15/h9-10H,3-8H2,1-2H3,(H,18,20)/t10-/m0/s1. The lowest BCUT2D eigenvalue weighted by Crippen LogP contribution is -2.37. The van der Waals surface area contributed by atoms with Gasteiger partial charge in [-0.1, -0.05) is 6.92 Å². The number of thiophene rings is 1. The summed E-state index contributed by atoms with van der Waals surface area (Å²) in [6, 6.07) is 0.119. The number of carbonyl (C=O) groups excluding carboxylic acids is 1. The molecule has 1 N–H and O–H groups in total. The van der Waals surface area contributed by atoms with Crippen molar-refractivity contribution in [3.05, 3.63) is 27.1 Å². The fourth-order valence-electron chi connectivity index (χ4n) is 2.87. The average molecular weight is 319 g/mol. The topological polar surface area (TPSA) is 64.0 Å². The molecule has 2 heterocycles. The Morgan fingerprint density at radius 2 is 2.23 bits per heavy atom. The van der Waals surface area contributed by atoms with Gasteiger partial charge in [0, 0.05) is 10.9 Å². The molecule has 0 aromatic carbocycles. The van der Waals surface area contributed by atoms with E-state index in [-0.39, 0.29) is 24.1 Å². The fourth-order valence-corrected chi connectivity index (χ4v) is 4.09. The van der Waals surface area contributed by atoms with Gasteiger partial charge in [-0.15, -0.1) is 11.3 Å². The molecule has 0 aliphatic heterocycles. The molecule has 1 aliphatic rings. The number of nitrogens with zero attached hydrogens (tertiary/aromatic N) is 2. The largest absolute Gasteiger partial charge is 0.352 e. The maximum atomic E-state index is 12.7. The van der Waals surface area contributed by atoms with Gasteiger partial charge in [-0.05, 0) is 44.6 Å². The molecule has 3 rings (SSSR count). The highest BCUT2D eigenvalue weighted by Gasteiger charge is 2.20. The highest BCUT2D eigenvalue weighted by molar-refractivity contribution is 7.18. The van der Waals surface area contributed by atoms with Crippen LogP contribution < -0.4 is 10.9 Å². The summed E-state index contributed by atoms with van der Waals surface area (Å²) in [6.45, 7) is 4.01. The van der Waals surface area contributed by atoms with Crippen molar-refractivity contribution in [3.63, 3.8) is 0 Å². The van der Waals surface area contributed by atoms with Gasteiger partial charge in [0.25, 0.3) is 5.56 Å². The third kappa shape index (κ3) is 2.79. The first-order valence-electron chi connectivity index (χ1n) is 7.89. The number of hydrogen-bond acceptors (Lipinski definition) is 4. The number of aryl methyl sites for hydroxylation is 2. The predicted molar refractivity (Wildman–Crippen MR) is 88.4 cm³/mol. The maximum Gasteiger partial charge on any atom is 0.262 e. The van der Waals surface area contributed by atoms with Gasteiger partial charge in [0.2, 0.25) is 5.91 Å². The van der Waals surface area contributed by atoms with Crippen LogP contribution in [0.5, 0.6) is 0 Å². The molecule has 22 heavy (non-hydrogen) atoms. The summed E-state index contributed by atoms with van der Waals surface area (Å²) >= 11 is 1.63. The normalized spacial score (nSPS) is 15.5. The van der Waals surface area contributed by atoms with Crippen LogP contribution in [0.1, 0.15) is 43.6 Å². The zero-order valence-corrected chi connectivity index (χ0v) is 13.8. The van der Waals surface area contributed by atoms with Crippen LogP contribution in [0, 0.1) is 0 Å². The van der Waals surface area contributed by atoms with Gasteiger partial charge in [-0.2, -0.15) is 0 Å². The molecule has 0 radical (unpaired) electrons. The van der Waals surface area contributed by atoms with E-state index in [1.807, 2.05) is 13.8 Å². The minimum absolute atomic E-state index is 0.0384. The van der Waals surface area contributed by atoms with Crippen molar-refractivity contribution >= 4 is 27.5 Å². The van der Waals surface area contributed by atoms with Crippen molar-refractivity contribution < 1.29 is 4.79 Å². The van der Waals surface area contributed by atoms with Crippen LogP contribution in [0.4, 0.5) is 0 Å². The molecule has 6 heteroatoms. The number of rotatable bonds is 4. The Morgan fingerprint density at radius 1 is 1.45 bits per heavy atom. The number of nitrogens with one attached hydrogen (secondary N) is 1. The average Bonchev–Trinajstić information content (AvgIpc) is 2.89. The summed E-state index contributed by atoms with van der Waals surface area (Å²) < 4.78 is 1.43. The van der Waals surface area contributed by atoms with E-state index in [9.17, 15) is 9.59 Å². The summed E-state index contributed by atoms with van der Waals surface area (Å²) in [5.41, 5.74) is 1.09. The van der Waals surface area contributed by atoms with E-state index in [4.69, 9.17) is 0 Å². The number of carbonyl (C=O) groups is 1. The minimum Gasteiger partial charge on any atom is -0.352 e. The van der Waals surface area contributed by atoms with Gasteiger partial charge in [-0.25, -0.2) is 4.98 Å². The number of hydrogen-bond donors (Lipinski definition) is 1. The highest BCUT2D eigenvalue weighted by atomic mass is 32.1. The second-order valence-electron chi connectivity index (χ2n) is 5.95. The number of amides is 1. The molecule has 2 aromatic rings. The predicted octanol–water partition coefficient (Wildman–Crippen LogP) is 2.25. The second-order valence-corrected chi connectivity index (χ2v) is 7.03. The summed E-state index contributed by atoms with van der Waals surface area (Å²) in [4.78, 5) is 31.2. The summed E-state index contributed by atoms with van der Waals surface area (Å²) in [7, 11) is 0. The quantitative estimate of drug-likeness (QED) is 0.940. The molecule has 0 bridgehead atoms. The monoisotopic (exact) mass is 319 g/mol. The molecule has 0 spiro atoms. The first-order valence-corrected chi connectivity index (χ1v) is 8.70. The number of aromatic nitrogens is 2. The van der Waals surface area contributed by atoms with Crippen molar-refractivity contribution in [1.82, 2.24) is 14.9 Å². The van der Waals surface area contributed by atoms with Crippen LogP contribution in [0.25, 0.3) is 10.2 Å². The van der Waals surface area contributed by atoms with Crippen molar-refractivity contribution in [2.75, 3.05) is 0 Å². The zero-order chi connectivity index (χ0) is 15.7. The van der Waals surface area contributed by atoms with Gasteiger partial charge in [-0.3, -0.25) is 14.2 Å².